The first-order valence-electron chi connectivity index (χ1n) is 6.33. The molecule has 0 unspecified atom stereocenters. The van der Waals surface area contributed by atoms with Crippen molar-refractivity contribution in [3.8, 4) is 0 Å². The van der Waals surface area contributed by atoms with Crippen molar-refractivity contribution in [2.75, 3.05) is 5.88 Å². The highest BCUT2D eigenvalue weighted by molar-refractivity contribution is 6.27. The lowest BCUT2D eigenvalue weighted by atomic mass is 10.0. The van der Waals surface area contributed by atoms with E-state index in [1.165, 1.54) is 13.8 Å². The fourth-order valence-corrected chi connectivity index (χ4v) is 1.90. The van der Waals surface area contributed by atoms with Gasteiger partial charge in [-0.05, 0) is 6.92 Å². The highest BCUT2D eigenvalue weighted by Crippen LogP contribution is 2.25. The van der Waals surface area contributed by atoms with E-state index in [0.717, 1.165) is 0 Å². The van der Waals surface area contributed by atoms with E-state index in [0.29, 0.717) is 0 Å². The molecule has 1 aliphatic heterocycles. The third kappa shape index (κ3) is 5.86. The van der Waals surface area contributed by atoms with Crippen molar-refractivity contribution < 1.29 is 33.4 Å². The number of rotatable bonds is 5. The van der Waals surface area contributed by atoms with Crippen molar-refractivity contribution in [1.82, 2.24) is 5.48 Å². The molecule has 1 N–H and O–H groups in total. The first-order valence-corrected chi connectivity index (χ1v) is 6.87. The molecule has 1 saturated heterocycles. The summed E-state index contributed by atoms with van der Waals surface area (Å²) in [6.45, 7) is 4.18. The number of hydrogen-bond acceptors (Lipinski definition) is 7. The fourth-order valence-electron chi connectivity index (χ4n) is 1.85. The minimum atomic E-state index is -1.01. The second kappa shape index (κ2) is 8.16. The van der Waals surface area contributed by atoms with Crippen LogP contribution in [0.15, 0.2) is 0 Å². The monoisotopic (exact) mass is 323 g/mol. The van der Waals surface area contributed by atoms with E-state index >= 15 is 0 Å². The molecule has 1 fully saturated rings. The number of esters is 2. The van der Waals surface area contributed by atoms with Crippen LogP contribution >= 0.6 is 11.6 Å². The van der Waals surface area contributed by atoms with E-state index in [1.54, 1.807) is 6.92 Å². The van der Waals surface area contributed by atoms with Crippen molar-refractivity contribution in [2.45, 2.75) is 51.8 Å². The lowest BCUT2D eigenvalue weighted by Gasteiger charge is -2.38. The van der Waals surface area contributed by atoms with Crippen LogP contribution in [-0.4, -0.2) is 48.3 Å². The number of carbonyl (C=O) groups is 3. The lowest BCUT2D eigenvalue weighted by molar-refractivity contribution is -0.283. The quantitative estimate of drug-likeness (QED) is 0.440. The van der Waals surface area contributed by atoms with Gasteiger partial charge in [0, 0.05) is 20.3 Å². The standard InChI is InChI=1S/C12H18ClNO7/c1-6-9(19-7(2)15)4-10(20-8(3)16)12(18-6)21-14-11(17)5-13/h6,9-10,12H,4-5H2,1-3H3,(H,14,17)/t6-,9+,10+,12-/m1/s1. The van der Waals surface area contributed by atoms with Gasteiger partial charge < -0.3 is 14.2 Å². The largest absolute Gasteiger partial charge is 0.460 e. The van der Waals surface area contributed by atoms with Gasteiger partial charge in [-0.15, -0.1) is 11.6 Å². The predicted octanol–water partition coefficient (Wildman–Crippen LogP) is 0.271. The minimum Gasteiger partial charge on any atom is -0.460 e. The van der Waals surface area contributed by atoms with E-state index in [2.05, 4.69) is 5.48 Å². The van der Waals surface area contributed by atoms with Gasteiger partial charge in [0.2, 0.25) is 6.29 Å². The van der Waals surface area contributed by atoms with Crippen molar-refractivity contribution in [2.24, 2.45) is 0 Å². The number of hydroxylamine groups is 1. The molecule has 0 aliphatic carbocycles. The van der Waals surface area contributed by atoms with Crippen molar-refractivity contribution in [3.63, 3.8) is 0 Å². The van der Waals surface area contributed by atoms with Crippen LogP contribution in [0.5, 0.6) is 0 Å². The fraction of sp³-hybridized carbons (Fsp3) is 0.750. The first-order chi connectivity index (χ1) is 9.83. The molecule has 4 atom stereocenters. The van der Waals surface area contributed by atoms with Gasteiger partial charge >= 0.3 is 11.9 Å². The Morgan fingerprint density at radius 2 is 1.76 bits per heavy atom. The predicted molar refractivity (Wildman–Crippen MR) is 70.0 cm³/mol. The smallest absolute Gasteiger partial charge is 0.303 e. The Labute approximate surface area is 126 Å². The van der Waals surface area contributed by atoms with Gasteiger partial charge in [0.05, 0.1) is 6.10 Å². The maximum atomic E-state index is 11.1. The molecule has 0 bridgehead atoms. The maximum absolute atomic E-state index is 11.1. The van der Waals surface area contributed by atoms with Gasteiger partial charge in [0.25, 0.3) is 5.91 Å². The molecular formula is C12H18ClNO7. The Hall–Kier alpha value is -1.38. The topological polar surface area (TPSA) is 100 Å². The summed E-state index contributed by atoms with van der Waals surface area (Å²) in [6, 6.07) is 0. The lowest BCUT2D eigenvalue weighted by Crippen LogP contribution is -2.52. The number of carbonyl (C=O) groups excluding carboxylic acids is 3. The van der Waals surface area contributed by atoms with Crippen LogP contribution in [0.4, 0.5) is 0 Å². The summed E-state index contributed by atoms with van der Waals surface area (Å²) >= 11 is 5.32. The summed E-state index contributed by atoms with van der Waals surface area (Å²) in [4.78, 5) is 38.3. The molecule has 21 heavy (non-hydrogen) atoms. The average molecular weight is 324 g/mol. The Morgan fingerprint density at radius 3 is 2.29 bits per heavy atom. The van der Waals surface area contributed by atoms with Gasteiger partial charge in [-0.25, -0.2) is 10.3 Å². The number of alkyl halides is 1. The van der Waals surface area contributed by atoms with Gasteiger partial charge in [-0.2, -0.15) is 0 Å². The van der Waals surface area contributed by atoms with Crippen molar-refractivity contribution in [3.05, 3.63) is 0 Å². The number of ether oxygens (including phenoxy) is 3. The van der Waals surface area contributed by atoms with Crippen molar-refractivity contribution >= 4 is 29.4 Å². The molecule has 0 aromatic heterocycles. The minimum absolute atomic E-state index is 0.196. The SMILES string of the molecule is CC(=O)O[C@H]1C[C@H](OC(C)=O)[C@@H](C)O[C@@H]1ONC(=O)CCl. The summed E-state index contributed by atoms with van der Waals surface area (Å²) in [5, 5.41) is 0. The molecule has 0 aromatic rings. The van der Waals surface area contributed by atoms with Crippen LogP contribution in [0.25, 0.3) is 0 Å². The molecule has 9 heteroatoms. The van der Waals surface area contributed by atoms with E-state index in [1.807, 2.05) is 0 Å². The third-order valence-electron chi connectivity index (χ3n) is 2.69. The Balaban J connectivity index is 2.69. The van der Waals surface area contributed by atoms with Crippen LogP contribution in [0.2, 0.25) is 0 Å². The second-order valence-electron chi connectivity index (χ2n) is 4.52. The Bertz CT molecular complexity index is 403. The number of amides is 1. The zero-order valence-electron chi connectivity index (χ0n) is 12.0. The van der Waals surface area contributed by atoms with Crippen LogP contribution in [0, 0.1) is 0 Å². The average Bonchev–Trinajstić information content (AvgIpc) is 2.39. The molecule has 0 saturated carbocycles. The molecule has 1 aliphatic rings. The molecule has 1 heterocycles. The van der Waals surface area contributed by atoms with E-state index < -0.39 is 42.4 Å². The number of halogens is 1. The van der Waals surface area contributed by atoms with E-state index in [-0.39, 0.29) is 12.3 Å². The van der Waals surface area contributed by atoms with Crippen molar-refractivity contribution in [1.29, 1.82) is 0 Å². The third-order valence-corrected chi connectivity index (χ3v) is 2.93. The molecular weight excluding hydrogens is 306 g/mol. The highest BCUT2D eigenvalue weighted by atomic mass is 35.5. The first kappa shape index (κ1) is 17.7. The summed E-state index contributed by atoms with van der Waals surface area (Å²) in [5.41, 5.74) is 2.09. The van der Waals surface area contributed by atoms with E-state index in [9.17, 15) is 14.4 Å². The number of nitrogens with one attached hydrogen (secondary N) is 1. The summed E-state index contributed by atoms with van der Waals surface area (Å²) in [5.74, 6) is -1.85. The van der Waals surface area contributed by atoms with Gasteiger partial charge in [0.15, 0.2) is 6.10 Å². The Kier molecular flexibility index (Phi) is 6.86. The highest BCUT2D eigenvalue weighted by Gasteiger charge is 2.41. The normalized spacial score (nSPS) is 28.6. The molecule has 8 nitrogen and oxygen atoms in total. The molecule has 120 valence electrons. The van der Waals surface area contributed by atoms with Gasteiger partial charge in [-0.3, -0.25) is 14.4 Å². The van der Waals surface area contributed by atoms with Gasteiger partial charge in [0.1, 0.15) is 12.0 Å². The summed E-state index contributed by atoms with van der Waals surface area (Å²) < 4.78 is 15.6. The van der Waals surface area contributed by atoms with Crippen LogP contribution in [0.3, 0.4) is 0 Å². The van der Waals surface area contributed by atoms with Crippen LogP contribution < -0.4 is 5.48 Å². The zero-order chi connectivity index (χ0) is 16.0. The van der Waals surface area contributed by atoms with Crippen LogP contribution in [-0.2, 0) is 33.4 Å². The zero-order valence-corrected chi connectivity index (χ0v) is 12.7. The number of hydrogen-bond donors (Lipinski definition) is 1. The van der Waals surface area contributed by atoms with E-state index in [4.69, 9.17) is 30.6 Å². The van der Waals surface area contributed by atoms with Crippen LogP contribution in [0.1, 0.15) is 27.2 Å². The summed E-state index contributed by atoms with van der Waals surface area (Å²) in [6.07, 6.45) is -2.70. The molecule has 0 aromatic carbocycles. The summed E-state index contributed by atoms with van der Waals surface area (Å²) in [7, 11) is 0. The molecule has 0 radical (unpaired) electrons. The van der Waals surface area contributed by atoms with Gasteiger partial charge in [-0.1, -0.05) is 0 Å². The Morgan fingerprint density at radius 1 is 1.19 bits per heavy atom. The molecule has 0 spiro atoms. The second-order valence-corrected chi connectivity index (χ2v) is 4.79. The molecule has 1 amide bonds. The molecule has 1 rings (SSSR count). The maximum Gasteiger partial charge on any atom is 0.303 e.